The first-order chi connectivity index (χ1) is 12.0. The van der Waals surface area contributed by atoms with Gasteiger partial charge >= 0.3 is 5.97 Å². The van der Waals surface area contributed by atoms with Gasteiger partial charge in [0.2, 0.25) is 5.88 Å². The molecule has 2 heterocycles. The quantitative estimate of drug-likeness (QED) is 0.733. The molecule has 6 nitrogen and oxygen atoms in total. The first-order valence-electron chi connectivity index (χ1n) is 7.55. The highest BCUT2D eigenvalue weighted by molar-refractivity contribution is 6.42. The molecule has 1 N–H and O–H groups in total. The van der Waals surface area contributed by atoms with Crippen molar-refractivity contribution in [2.24, 2.45) is 5.92 Å². The van der Waals surface area contributed by atoms with Crippen LogP contribution in [0.15, 0.2) is 36.5 Å². The monoisotopic (exact) mass is 452 g/mol. The lowest BCUT2D eigenvalue weighted by Crippen LogP contribution is -2.30. The summed E-state index contributed by atoms with van der Waals surface area (Å²) in [5, 5.41) is 9.66. The van der Waals surface area contributed by atoms with Gasteiger partial charge in [-0.15, -0.1) is 24.8 Å². The van der Waals surface area contributed by atoms with Gasteiger partial charge in [0, 0.05) is 25.4 Å². The second-order valence-corrected chi connectivity index (χ2v) is 6.40. The van der Waals surface area contributed by atoms with E-state index >= 15 is 0 Å². The molecule has 0 aliphatic carbocycles. The fourth-order valence-electron chi connectivity index (χ4n) is 2.57. The Labute approximate surface area is 178 Å². The number of pyridine rings is 1. The molecule has 1 saturated heterocycles. The highest BCUT2D eigenvalue weighted by Gasteiger charge is 2.31. The minimum atomic E-state index is -0.879. The van der Waals surface area contributed by atoms with Gasteiger partial charge in [0.25, 0.3) is 5.91 Å². The molecule has 2 aromatic rings. The lowest BCUT2D eigenvalue weighted by atomic mass is 10.1. The Kier molecular flexibility index (Phi) is 8.62. The van der Waals surface area contributed by atoms with Crippen LogP contribution < -0.4 is 4.74 Å². The molecule has 1 aromatic carbocycles. The molecule has 1 aliphatic rings. The van der Waals surface area contributed by atoms with E-state index < -0.39 is 11.9 Å². The van der Waals surface area contributed by atoms with E-state index in [4.69, 9.17) is 33.0 Å². The van der Waals surface area contributed by atoms with Gasteiger partial charge in [-0.1, -0.05) is 29.3 Å². The second-order valence-electron chi connectivity index (χ2n) is 5.61. The van der Waals surface area contributed by atoms with Crippen molar-refractivity contribution in [3.8, 4) is 11.6 Å². The number of aliphatic carboxylic acids is 1. The Bertz CT molecular complexity index is 817. The van der Waals surface area contributed by atoms with Crippen LogP contribution in [0.1, 0.15) is 16.8 Å². The Morgan fingerprint density at radius 3 is 2.52 bits per heavy atom. The minimum Gasteiger partial charge on any atom is -0.481 e. The van der Waals surface area contributed by atoms with E-state index in [1.54, 1.807) is 30.3 Å². The Hall–Kier alpha value is -1.73. The summed E-state index contributed by atoms with van der Waals surface area (Å²) in [4.78, 5) is 29.0. The molecule has 1 unspecified atom stereocenters. The number of rotatable bonds is 4. The van der Waals surface area contributed by atoms with Crippen molar-refractivity contribution in [1.82, 2.24) is 9.88 Å². The normalized spacial score (nSPS) is 15.5. The zero-order chi connectivity index (χ0) is 18.0. The van der Waals surface area contributed by atoms with Crippen LogP contribution in [0.2, 0.25) is 10.0 Å². The summed E-state index contributed by atoms with van der Waals surface area (Å²) in [5.41, 5.74) is 0.371. The fourth-order valence-corrected chi connectivity index (χ4v) is 2.90. The van der Waals surface area contributed by atoms with Crippen LogP contribution in [-0.4, -0.2) is 40.0 Å². The van der Waals surface area contributed by atoms with Gasteiger partial charge in [0.15, 0.2) is 0 Å². The third-order valence-corrected chi connectivity index (χ3v) is 4.74. The standard InChI is InChI=1S/C17H14Cl2N2O4.2ClH/c18-12-2-1-3-13(15(12)19)25-14-5-4-10(8-20-14)16(22)21-7-6-11(9-21)17(23)24;;/h1-5,8,11H,6-7,9H2,(H,23,24);2*1H. The number of carboxylic acids is 1. The van der Waals surface area contributed by atoms with Crippen molar-refractivity contribution in [1.29, 1.82) is 0 Å². The Balaban J connectivity index is 0.00000182. The topological polar surface area (TPSA) is 79.7 Å². The molecule has 1 amide bonds. The number of carbonyl (C=O) groups is 2. The number of aromatic nitrogens is 1. The van der Waals surface area contributed by atoms with Crippen LogP contribution in [0.5, 0.6) is 11.6 Å². The average molecular weight is 454 g/mol. The maximum Gasteiger partial charge on any atom is 0.308 e. The van der Waals surface area contributed by atoms with E-state index in [0.29, 0.717) is 29.3 Å². The number of halogens is 4. The predicted octanol–water partition coefficient (Wildman–Crippen LogP) is 4.57. The van der Waals surface area contributed by atoms with Gasteiger partial charge in [-0.25, -0.2) is 4.98 Å². The first-order valence-corrected chi connectivity index (χ1v) is 8.31. The van der Waals surface area contributed by atoms with E-state index in [9.17, 15) is 9.59 Å². The molecule has 3 rings (SSSR count). The maximum absolute atomic E-state index is 12.4. The molecule has 146 valence electrons. The van der Waals surface area contributed by atoms with E-state index in [-0.39, 0.29) is 48.2 Å². The van der Waals surface area contributed by atoms with E-state index in [1.165, 1.54) is 11.1 Å². The lowest BCUT2D eigenvalue weighted by Gasteiger charge is -2.15. The summed E-state index contributed by atoms with van der Waals surface area (Å²) in [6.45, 7) is 0.636. The third kappa shape index (κ3) is 5.39. The van der Waals surface area contributed by atoms with Crippen molar-refractivity contribution < 1.29 is 19.4 Å². The lowest BCUT2D eigenvalue weighted by molar-refractivity contribution is -0.141. The molecule has 1 aliphatic heterocycles. The molecular formula is C17H16Cl4N2O4. The molecule has 0 spiro atoms. The predicted molar refractivity (Wildman–Crippen MR) is 107 cm³/mol. The number of likely N-dealkylation sites (tertiary alicyclic amines) is 1. The Morgan fingerprint density at radius 1 is 1.19 bits per heavy atom. The van der Waals surface area contributed by atoms with E-state index in [0.717, 1.165) is 0 Å². The van der Waals surface area contributed by atoms with Gasteiger partial charge in [0.05, 0.1) is 16.5 Å². The Morgan fingerprint density at radius 2 is 1.93 bits per heavy atom. The summed E-state index contributed by atoms with van der Waals surface area (Å²) >= 11 is 12.0. The van der Waals surface area contributed by atoms with Gasteiger partial charge in [-0.05, 0) is 24.6 Å². The number of hydrogen-bond acceptors (Lipinski definition) is 4. The number of nitrogens with zero attached hydrogens (tertiary/aromatic N) is 2. The van der Waals surface area contributed by atoms with Crippen molar-refractivity contribution in [3.63, 3.8) is 0 Å². The molecule has 27 heavy (non-hydrogen) atoms. The molecule has 0 saturated carbocycles. The number of hydrogen-bond donors (Lipinski definition) is 1. The number of benzene rings is 1. The van der Waals surface area contributed by atoms with Crippen molar-refractivity contribution in [3.05, 3.63) is 52.1 Å². The number of ether oxygens (including phenoxy) is 1. The maximum atomic E-state index is 12.4. The van der Waals surface area contributed by atoms with Gasteiger partial charge in [0.1, 0.15) is 10.8 Å². The number of carboxylic acid groups (broad SMARTS) is 1. The summed E-state index contributed by atoms with van der Waals surface area (Å²) in [6, 6.07) is 8.14. The molecule has 1 atom stereocenters. The van der Waals surface area contributed by atoms with E-state index in [2.05, 4.69) is 4.98 Å². The largest absolute Gasteiger partial charge is 0.481 e. The van der Waals surface area contributed by atoms with Crippen LogP contribution in [0.4, 0.5) is 0 Å². The number of amides is 1. The average Bonchev–Trinajstić information content (AvgIpc) is 3.09. The second kappa shape index (κ2) is 9.99. The molecule has 1 fully saturated rings. The van der Waals surface area contributed by atoms with Gasteiger partial charge in [-0.3, -0.25) is 9.59 Å². The number of carbonyl (C=O) groups excluding carboxylic acids is 1. The summed E-state index contributed by atoms with van der Waals surface area (Å²) in [6.07, 6.45) is 1.85. The fraction of sp³-hybridized carbons (Fsp3) is 0.235. The van der Waals surface area contributed by atoms with Gasteiger partial charge < -0.3 is 14.7 Å². The highest BCUT2D eigenvalue weighted by Crippen LogP contribution is 2.34. The third-order valence-electron chi connectivity index (χ3n) is 3.94. The zero-order valence-corrected chi connectivity index (χ0v) is 16.9. The summed E-state index contributed by atoms with van der Waals surface area (Å²) in [7, 11) is 0. The summed E-state index contributed by atoms with van der Waals surface area (Å²) < 4.78 is 5.57. The smallest absolute Gasteiger partial charge is 0.308 e. The molecular weight excluding hydrogens is 438 g/mol. The SMILES string of the molecule is Cl.Cl.O=C(O)C1CCN(C(=O)c2ccc(Oc3cccc(Cl)c3Cl)nc2)C1. The van der Waals surface area contributed by atoms with Crippen molar-refractivity contribution in [2.75, 3.05) is 13.1 Å². The summed E-state index contributed by atoms with van der Waals surface area (Å²) in [5.74, 6) is -1.00. The van der Waals surface area contributed by atoms with Crippen LogP contribution >= 0.6 is 48.0 Å². The zero-order valence-electron chi connectivity index (χ0n) is 13.8. The minimum absolute atomic E-state index is 0. The van der Waals surface area contributed by atoms with Crippen molar-refractivity contribution in [2.45, 2.75) is 6.42 Å². The van der Waals surface area contributed by atoms with Crippen LogP contribution in [0.25, 0.3) is 0 Å². The van der Waals surface area contributed by atoms with Crippen molar-refractivity contribution >= 4 is 59.9 Å². The molecule has 0 bridgehead atoms. The van der Waals surface area contributed by atoms with Gasteiger partial charge in [-0.2, -0.15) is 0 Å². The van der Waals surface area contributed by atoms with Crippen LogP contribution in [0, 0.1) is 5.92 Å². The van der Waals surface area contributed by atoms with E-state index in [1.807, 2.05) is 0 Å². The molecule has 0 radical (unpaired) electrons. The first kappa shape index (κ1) is 23.3. The highest BCUT2D eigenvalue weighted by atomic mass is 35.5. The molecule has 10 heteroatoms. The van der Waals surface area contributed by atoms with Crippen LogP contribution in [-0.2, 0) is 4.79 Å². The van der Waals surface area contributed by atoms with Crippen LogP contribution in [0.3, 0.4) is 0 Å². The molecule has 1 aromatic heterocycles.